The number of amides is 2. The molecule has 4 rings (SSSR count). The van der Waals surface area contributed by atoms with Gasteiger partial charge in [0.05, 0.1) is 5.69 Å². The van der Waals surface area contributed by atoms with Crippen LogP contribution in [0.25, 0.3) is 0 Å². The van der Waals surface area contributed by atoms with Crippen LogP contribution in [0.5, 0.6) is 0 Å². The summed E-state index contributed by atoms with van der Waals surface area (Å²) in [6, 6.07) is 7.24. The zero-order valence-electron chi connectivity index (χ0n) is 16.0. The van der Waals surface area contributed by atoms with E-state index in [-0.39, 0.29) is 11.8 Å². The lowest BCUT2D eigenvalue weighted by Crippen LogP contribution is -2.35. The number of hydrogen-bond donors (Lipinski definition) is 1. The predicted octanol–water partition coefficient (Wildman–Crippen LogP) is 3.90. The van der Waals surface area contributed by atoms with Crippen molar-refractivity contribution in [2.75, 3.05) is 29.9 Å². The number of carbonyl (C=O) groups is 2. The average molecular weight is 399 g/mol. The summed E-state index contributed by atoms with van der Waals surface area (Å²) >= 11 is 1.46. The first-order chi connectivity index (χ1) is 13.7. The monoisotopic (exact) mass is 398 g/mol. The summed E-state index contributed by atoms with van der Waals surface area (Å²) in [5.41, 5.74) is 2.45. The summed E-state index contributed by atoms with van der Waals surface area (Å²) in [5, 5.41) is 5.55. The third kappa shape index (κ3) is 4.59. The summed E-state index contributed by atoms with van der Waals surface area (Å²) < 4.78 is 0. The molecule has 1 aromatic carbocycles. The fourth-order valence-electron chi connectivity index (χ4n) is 3.82. The second kappa shape index (κ2) is 8.84. The molecule has 1 aromatic heterocycles. The van der Waals surface area contributed by atoms with Crippen molar-refractivity contribution < 1.29 is 9.59 Å². The van der Waals surface area contributed by atoms with E-state index in [1.54, 1.807) is 17.0 Å². The molecule has 0 unspecified atom stereocenters. The number of aromatic nitrogens is 1. The second-order valence-corrected chi connectivity index (χ2v) is 8.34. The molecule has 0 spiro atoms. The Morgan fingerprint density at radius 1 is 1.04 bits per heavy atom. The van der Waals surface area contributed by atoms with Crippen molar-refractivity contribution in [3.8, 4) is 0 Å². The highest BCUT2D eigenvalue weighted by Gasteiger charge is 2.20. The Morgan fingerprint density at radius 3 is 2.54 bits per heavy atom. The van der Waals surface area contributed by atoms with Gasteiger partial charge < -0.3 is 4.90 Å². The van der Waals surface area contributed by atoms with Gasteiger partial charge in [0.25, 0.3) is 5.91 Å². The van der Waals surface area contributed by atoms with Gasteiger partial charge in [0.15, 0.2) is 5.13 Å². The fourth-order valence-corrected chi connectivity index (χ4v) is 4.52. The fraction of sp³-hybridized carbons (Fsp3) is 0.476. The lowest BCUT2D eigenvalue weighted by Gasteiger charge is -2.26. The van der Waals surface area contributed by atoms with Crippen molar-refractivity contribution in [2.24, 2.45) is 0 Å². The second-order valence-electron chi connectivity index (χ2n) is 7.48. The molecule has 148 valence electrons. The number of likely N-dealkylation sites (tertiary alicyclic amines) is 1. The number of thiazole rings is 1. The molecule has 7 heteroatoms. The highest BCUT2D eigenvalue weighted by Crippen LogP contribution is 2.23. The van der Waals surface area contributed by atoms with E-state index in [1.807, 2.05) is 17.5 Å². The summed E-state index contributed by atoms with van der Waals surface area (Å²) in [4.78, 5) is 33.4. The van der Waals surface area contributed by atoms with Gasteiger partial charge in [0.1, 0.15) is 0 Å². The van der Waals surface area contributed by atoms with Crippen molar-refractivity contribution >= 4 is 34.0 Å². The zero-order chi connectivity index (χ0) is 19.3. The minimum atomic E-state index is -0.171. The Kier molecular flexibility index (Phi) is 6.02. The summed E-state index contributed by atoms with van der Waals surface area (Å²) in [6.07, 6.45) is 6.42. The summed E-state index contributed by atoms with van der Waals surface area (Å²) in [7, 11) is 0. The first kappa shape index (κ1) is 19.1. The van der Waals surface area contributed by atoms with Crippen molar-refractivity contribution in [2.45, 2.75) is 45.1 Å². The average Bonchev–Trinajstić information content (AvgIpc) is 3.16. The van der Waals surface area contributed by atoms with Gasteiger partial charge in [-0.3, -0.25) is 19.8 Å². The predicted molar refractivity (Wildman–Crippen MR) is 112 cm³/mol. The molecule has 0 aliphatic carbocycles. The van der Waals surface area contributed by atoms with Crippen LogP contribution in [-0.4, -0.2) is 41.3 Å². The van der Waals surface area contributed by atoms with Crippen LogP contribution in [-0.2, 0) is 11.3 Å². The Balaban J connectivity index is 1.35. The third-order valence-corrected chi connectivity index (χ3v) is 6.18. The number of piperidine rings is 2. The van der Waals surface area contributed by atoms with Crippen molar-refractivity contribution in [1.82, 2.24) is 9.88 Å². The van der Waals surface area contributed by atoms with E-state index in [0.717, 1.165) is 50.4 Å². The zero-order valence-corrected chi connectivity index (χ0v) is 16.8. The minimum Gasteiger partial charge on any atom is -0.312 e. The third-order valence-electron chi connectivity index (χ3n) is 5.37. The van der Waals surface area contributed by atoms with E-state index < -0.39 is 0 Å². The van der Waals surface area contributed by atoms with Gasteiger partial charge in [-0.25, -0.2) is 4.98 Å². The molecule has 0 atom stereocenters. The van der Waals surface area contributed by atoms with Crippen LogP contribution in [0.3, 0.4) is 0 Å². The lowest BCUT2D eigenvalue weighted by molar-refractivity contribution is -0.119. The molecule has 2 aliphatic heterocycles. The van der Waals surface area contributed by atoms with E-state index in [0.29, 0.717) is 17.1 Å². The largest absolute Gasteiger partial charge is 0.312 e. The normalized spacial score (nSPS) is 18.3. The molecule has 0 saturated carbocycles. The molecule has 2 aliphatic rings. The van der Waals surface area contributed by atoms with Crippen LogP contribution in [0.15, 0.2) is 29.6 Å². The Labute approximate surface area is 169 Å². The van der Waals surface area contributed by atoms with Crippen LogP contribution in [0.1, 0.15) is 54.6 Å². The maximum absolute atomic E-state index is 12.5. The highest BCUT2D eigenvalue weighted by molar-refractivity contribution is 7.13. The molecule has 0 bridgehead atoms. The van der Waals surface area contributed by atoms with Crippen LogP contribution in [0.4, 0.5) is 10.8 Å². The first-order valence-electron chi connectivity index (χ1n) is 10.1. The quantitative estimate of drug-likeness (QED) is 0.830. The molecule has 2 saturated heterocycles. The number of carbonyl (C=O) groups excluding carboxylic acids is 2. The number of anilines is 2. The lowest BCUT2D eigenvalue weighted by atomic mass is 10.1. The molecule has 2 amide bonds. The maximum atomic E-state index is 12.5. The van der Waals surface area contributed by atoms with E-state index in [4.69, 9.17) is 0 Å². The van der Waals surface area contributed by atoms with Crippen LogP contribution >= 0.6 is 11.3 Å². The van der Waals surface area contributed by atoms with Gasteiger partial charge in [0.2, 0.25) is 5.91 Å². The van der Waals surface area contributed by atoms with Gasteiger partial charge in [-0.1, -0.05) is 6.42 Å². The van der Waals surface area contributed by atoms with Crippen LogP contribution in [0.2, 0.25) is 0 Å². The molecule has 0 radical (unpaired) electrons. The number of nitrogens with one attached hydrogen (secondary N) is 1. The molecule has 28 heavy (non-hydrogen) atoms. The first-order valence-corrected chi connectivity index (χ1v) is 11.0. The van der Waals surface area contributed by atoms with Crippen molar-refractivity contribution in [3.05, 3.63) is 40.9 Å². The smallest absolute Gasteiger partial charge is 0.257 e. The van der Waals surface area contributed by atoms with Gasteiger partial charge in [0, 0.05) is 36.1 Å². The topological polar surface area (TPSA) is 65.5 Å². The number of rotatable bonds is 5. The van der Waals surface area contributed by atoms with E-state index in [1.165, 1.54) is 30.6 Å². The van der Waals surface area contributed by atoms with Gasteiger partial charge in [-0.15, -0.1) is 11.3 Å². The Hall–Kier alpha value is -2.25. The van der Waals surface area contributed by atoms with Crippen molar-refractivity contribution in [3.63, 3.8) is 0 Å². The molecule has 6 nitrogen and oxygen atoms in total. The summed E-state index contributed by atoms with van der Waals surface area (Å²) in [5.74, 6) is -0.0112. The number of benzene rings is 1. The Morgan fingerprint density at radius 2 is 1.79 bits per heavy atom. The number of hydrogen-bond acceptors (Lipinski definition) is 5. The molecular weight excluding hydrogens is 372 g/mol. The maximum Gasteiger partial charge on any atom is 0.257 e. The Bertz CT molecular complexity index is 827. The molecular formula is C21H26N4O2S. The standard InChI is InChI=1S/C21H26N4O2S/c26-19-6-2-5-13-25(19)18-9-7-16(8-10-18)20(27)23-21-22-17(15-28-21)14-24-11-3-1-4-12-24/h7-10,15H,1-6,11-14H2,(H,22,23,27). The molecule has 1 N–H and O–H groups in total. The minimum absolute atomic E-state index is 0.160. The van der Waals surface area contributed by atoms with Crippen LogP contribution in [0, 0.1) is 0 Å². The van der Waals surface area contributed by atoms with Crippen molar-refractivity contribution in [1.29, 1.82) is 0 Å². The number of nitrogens with zero attached hydrogens (tertiary/aromatic N) is 3. The molecule has 3 heterocycles. The molecule has 2 fully saturated rings. The highest BCUT2D eigenvalue weighted by atomic mass is 32.1. The summed E-state index contributed by atoms with van der Waals surface area (Å²) in [6.45, 7) is 3.87. The SMILES string of the molecule is O=C(Nc1nc(CN2CCCCC2)cs1)c1ccc(N2CCCCC2=O)cc1. The van der Waals surface area contributed by atoms with Gasteiger partial charge in [-0.2, -0.15) is 0 Å². The van der Waals surface area contributed by atoms with E-state index in [9.17, 15) is 9.59 Å². The van der Waals surface area contributed by atoms with Crippen LogP contribution < -0.4 is 10.2 Å². The van der Waals surface area contributed by atoms with E-state index >= 15 is 0 Å². The van der Waals surface area contributed by atoms with E-state index in [2.05, 4.69) is 15.2 Å². The van der Waals surface area contributed by atoms with Gasteiger partial charge >= 0.3 is 0 Å². The van der Waals surface area contributed by atoms with Gasteiger partial charge in [-0.05, 0) is 63.0 Å². The molecule has 2 aromatic rings.